The third-order valence-corrected chi connectivity index (χ3v) is 8.24. The van der Waals surface area contributed by atoms with Gasteiger partial charge in [0.15, 0.2) is 0 Å². The van der Waals surface area contributed by atoms with E-state index in [9.17, 15) is 22.8 Å². The Hall–Kier alpha value is -5.10. The van der Waals surface area contributed by atoms with Crippen molar-refractivity contribution >= 4 is 50.0 Å². The molecule has 0 aliphatic heterocycles. The van der Waals surface area contributed by atoms with Gasteiger partial charge in [0, 0.05) is 28.6 Å². The van der Waals surface area contributed by atoms with Gasteiger partial charge in [-0.1, -0.05) is 48.5 Å². The quantitative estimate of drug-likeness (QED) is 0.212. The van der Waals surface area contributed by atoms with E-state index in [2.05, 4.69) is 15.4 Å². The fourth-order valence-electron chi connectivity index (χ4n) is 5.08. The molecule has 216 valence electrons. The number of amides is 2. The lowest BCUT2D eigenvalue weighted by atomic mass is 10.0. The highest BCUT2D eigenvalue weighted by Gasteiger charge is 2.35. The van der Waals surface area contributed by atoms with Crippen molar-refractivity contribution in [3.8, 4) is 22.4 Å². The van der Waals surface area contributed by atoms with E-state index in [1.165, 1.54) is 0 Å². The monoisotopic (exact) mass is 600 g/mol. The van der Waals surface area contributed by atoms with Crippen LogP contribution in [0.2, 0.25) is 0 Å². The number of aryl methyl sites for hydroxylation is 1. The Morgan fingerprint density at radius 2 is 1.72 bits per heavy atom. The van der Waals surface area contributed by atoms with Gasteiger partial charge in [0.1, 0.15) is 15.4 Å². The number of primary amides is 1. The second kappa shape index (κ2) is 10.6. The number of carbonyl (C=O) groups is 2. The molecular formula is C31H23F3N6O2S. The molecule has 6 aromatic rings. The first-order valence-corrected chi connectivity index (χ1v) is 14.0. The Balaban J connectivity index is 1.56. The van der Waals surface area contributed by atoms with E-state index in [4.69, 9.17) is 10.7 Å². The van der Waals surface area contributed by atoms with Crippen LogP contribution in [0.4, 0.5) is 18.9 Å². The number of nitrogens with two attached hydrogens (primary N) is 1. The van der Waals surface area contributed by atoms with Gasteiger partial charge in [0.2, 0.25) is 0 Å². The van der Waals surface area contributed by atoms with E-state index in [1.54, 1.807) is 66.9 Å². The standard InChI is InChI=1S/C31H23F3N6O2S/c1-3-40-16(2)21(15-36-40)23-13-20(18-11-7-8-12-22(18)37-23)29(42)39-26-25-19(17-9-5-4-6-10-17)14-24(31(32,33)34)38-30(25)43-27(26)28(35)41/h4-15H,3H2,1-2H3,(H2,35,41)(H,39,42). The molecule has 0 radical (unpaired) electrons. The van der Waals surface area contributed by atoms with Crippen molar-refractivity contribution in [2.45, 2.75) is 26.6 Å². The molecule has 0 saturated carbocycles. The third kappa shape index (κ3) is 4.99. The number of nitrogens with zero attached hydrogens (tertiary/aromatic N) is 4. The predicted octanol–water partition coefficient (Wildman–Crippen LogP) is 7.07. The minimum absolute atomic E-state index is 0.00463. The van der Waals surface area contributed by atoms with Crippen LogP contribution >= 0.6 is 11.3 Å². The number of nitrogens with one attached hydrogen (secondary N) is 1. The first-order valence-electron chi connectivity index (χ1n) is 13.2. The van der Waals surface area contributed by atoms with Crippen LogP contribution in [0.1, 0.15) is 38.3 Å². The smallest absolute Gasteiger partial charge is 0.365 e. The Kier molecular flexibility index (Phi) is 6.93. The van der Waals surface area contributed by atoms with Crippen LogP contribution in [-0.4, -0.2) is 31.6 Å². The molecule has 0 atom stereocenters. The molecule has 4 heterocycles. The van der Waals surface area contributed by atoms with Crippen LogP contribution in [0.5, 0.6) is 0 Å². The number of hydrogen-bond donors (Lipinski definition) is 2. The number of alkyl halides is 3. The van der Waals surface area contributed by atoms with Crippen LogP contribution in [0.3, 0.4) is 0 Å². The normalized spacial score (nSPS) is 11.7. The molecule has 6 rings (SSSR count). The number of para-hydroxylation sites is 1. The van der Waals surface area contributed by atoms with Crippen LogP contribution < -0.4 is 11.1 Å². The highest BCUT2D eigenvalue weighted by Crippen LogP contribution is 2.44. The molecule has 0 aliphatic rings. The van der Waals surface area contributed by atoms with Crippen molar-refractivity contribution in [1.82, 2.24) is 19.7 Å². The maximum atomic E-state index is 14.0. The lowest BCUT2D eigenvalue weighted by Gasteiger charge is -2.14. The first kappa shape index (κ1) is 28.0. The van der Waals surface area contributed by atoms with Crippen molar-refractivity contribution in [3.63, 3.8) is 0 Å². The fraction of sp³-hybridized carbons (Fsp3) is 0.129. The minimum Gasteiger partial charge on any atom is -0.365 e. The molecule has 43 heavy (non-hydrogen) atoms. The maximum Gasteiger partial charge on any atom is 0.433 e. The number of hydrogen-bond acceptors (Lipinski definition) is 6. The average molecular weight is 601 g/mol. The maximum absolute atomic E-state index is 14.0. The molecule has 3 N–H and O–H groups in total. The van der Waals surface area contributed by atoms with Gasteiger partial charge in [0.25, 0.3) is 11.8 Å². The third-order valence-electron chi connectivity index (χ3n) is 7.14. The Labute approximate surface area is 247 Å². The van der Waals surface area contributed by atoms with Gasteiger partial charge in [-0.05, 0) is 43.2 Å². The average Bonchev–Trinajstić information content (AvgIpc) is 3.56. The zero-order valence-corrected chi connectivity index (χ0v) is 23.7. The second-order valence-electron chi connectivity index (χ2n) is 9.76. The summed E-state index contributed by atoms with van der Waals surface area (Å²) in [7, 11) is 0. The zero-order valence-electron chi connectivity index (χ0n) is 22.9. The molecule has 2 aromatic carbocycles. The SMILES string of the molecule is CCn1ncc(-c2cc(C(=O)Nc3c(C(N)=O)sc4nc(C(F)(F)F)cc(-c5ccccc5)c34)c3ccccc3n2)c1C. The van der Waals surface area contributed by atoms with E-state index >= 15 is 0 Å². The summed E-state index contributed by atoms with van der Waals surface area (Å²) in [6, 6.07) is 18.0. The van der Waals surface area contributed by atoms with Crippen molar-refractivity contribution < 1.29 is 22.8 Å². The molecule has 0 spiro atoms. The van der Waals surface area contributed by atoms with Crippen molar-refractivity contribution in [1.29, 1.82) is 0 Å². The molecule has 8 nitrogen and oxygen atoms in total. The molecule has 0 bridgehead atoms. The molecule has 2 amide bonds. The van der Waals surface area contributed by atoms with Crippen LogP contribution in [0, 0.1) is 6.92 Å². The number of aromatic nitrogens is 4. The van der Waals surface area contributed by atoms with E-state index in [0.29, 0.717) is 40.0 Å². The summed E-state index contributed by atoms with van der Waals surface area (Å²) < 4.78 is 43.4. The number of anilines is 1. The van der Waals surface area contributed by atoms with E-state index < -0.39 is 23.7 Å². The van der Waals surface area contributed by atoms with Gasteiger partial charge in [-0.3, -0.25) is 14.3 Å². The zero-order chi connectivity index (χ0) is 30.5. The summed E-state index contributed by atoms with van der Waals surface area (Å²) in [5.74, 6) is -1.50. The summed E-state index contributed by atoms with van der Waals surface area (Å²) in [6.07, 6.45) is -3.06. The molecule has 0 aliphatic carbocycles. The number of carbonyl (C=O) groups excluding carboxylic acids is 2. The largest absolute Gasteiger partial charge is 0.433 e. The number of benzene rings is 2. The van der Waals surface area contributed by atoms with E-state index in [0.717, 1.165) is 17.3 Å². The van der Waals surface area contributed by atoms with Gasteiger partial charge < -0.3 is 11.1 Å². The number of thiophene rings is 1. The lowest BCUT2D eigenvalue weighted by Crippen LogP contribution is -2.17. The van der Waals surface area contributed by atoms with Gasteiger partial charge in [-0.15, -0.1) is 11.3 Å². The first-order chi connectivity index (χ1) is 20.6. The fourth-order valence-corrected chi connectivity index (χ4v) is 6.09. The second-order valence-corrected chi connectivity index (χ2v) is 10.8. The number of halogens is 3. The predicted molar refractivity (Wildman–Crippen MR) is 160 cm³/mol. The lowest BCUT2D eigenvalue weighted by molar-refractivity contribution is -0.140. The summed E-state index contributed by atoms with van der Waals surface area (Å²) in [5.41, 5.74) is 8.10. The number of pyridine rings is 2. The van der Waals surface area contributed by atoms with Crippen molar-refractivity contribution in [3.05, 3.63) is 94.8 Å². The molecule has 0 fully saturated rings. The Bertz CT molecular complexity index is 2050. The molecule has 4 aromatic heterocycles. The van der Waals surface area contributed by atoms with Crippen LogP contribution in [0.25, 0.3) is 43.5 Å². The molecular weight excluding hydrogens is 577 g/mol. The van der Waals surface area contributed by atoms with Gasteiger partial charge in [-0.2, -0.15) is 18.3 Å². The topological polar surface area (TPSA) is 116 Å². The highest BCUT2D eigenvalue weighted by atomic mass is 32.1. The van der Waals surface area contributed by atoms with Crippen LogP contribution in [-0.2, 0) is 12.7 Å². The van der Waals surface area contributed by atoms with Gasteiger partial charge in [0.05, 0.1) is 28.7 Å². The Morgan fingerprint density at radius 3 is 2.40 bits per heavy atom. The highest BCUT2D eigenvalue weighted by molar-refractivity contribution is 7.21. The van der Waals surface area contributed by atoms with Crippen molar-refractivity contribution in [2.24, 2.45) is 5.73 Å². The minimum atomic E-state index is -4.74. The van der Waals surface area contributed by atoms with E-state index in [-0.39, 0.29) is 31.9 Å². The Morgan fingerprint density at radius 1 is 1.00 bits per heavy atom. The molecule has 0 unspecified atom stereocenters. The molecule has 0 saturated heterocycles. The summed E-state index contributed by atoms with van der Waals surface area (Å²) in [4.78, 5) is 35.0. The van der Waals surface area contributed by atoms with Crippen LogP contribution in [0.15, 0.2) is 72.9 Å². The van der Waals surface area contributed by atoms with Gasteiger partial charge in [-0.25, -0.2) is 9.97 Å². The number of rotatable bonds is 6. The summed E-state index contributed by atoms with van der Waals surface area (Å²) in [5, 5.41) is 7.93. The summed E-state index contributed by atoms with van der Waals surface area (Å²) in [6.45, 7) is 4.53. The van der Waals surface area contributed by atoms with E-state index in [1.807, 2.05) is 18.5 Å². The van der Waals surface area contributed by atoms with Crippen molar-refractivity contribution in [2.75, 3.05) is 5.32 Å². The summed E-state index contributed by atoms with van der Waals surface area (Å²) >= 11 is 0.695. The van der Waals surface area contributed by atoms with Gasteiger partial charge >= 0.3 is 6.18 Å². The number of fused-ring (bicyclic) bond motifs is 2. The molecule has 12 heteroatoms.